The number of nitriles is 1. The highest BCUT2D eigenvalue weighted by Crippen LogP contribution is 2.12. The molecule has 1 aromatic heterocycles. The molecule has 4 heteroatoms. The number of anilines is 1. The molecule has 1 saturated heterocycles. The van der Waals surface area contributed by atoms with Gasteiger partial charge in [0.1, 0.15) is 17.6 Å². The van der Waals surface area contributed by atoms with Gasteiger partial charge in [0.2, 0.25) is 0 Å². The van der Waals surface area contributed by atoms with Crippen LogP contribution in [0.15, 0.2) is 18.2 Å². The van der Waals surface area contributed by atoms with Gasteiger partial charge in [0.05, 0.1) is 12.6 Å². The van der Waals surface area contributed by atoms with Gasteiger partial charge in [-0.3, -0.25) is 0 Å². The third-order valence-corrected chi connectivity index (χ3v) is 2.38. The highest BCUT2D eigenvalue weighted by molar-refractivity contribution is 5.39. The Kier molecular flexibility index (Phi) is 3.15. The summed E-state index contributed by atoms with van der Waals surface area (Å²) < 4.78 is 5.36. The summed E-state index contributed by atoms with van der Waals surface area (Å²) in [5.41, 5.74) is 0.441. The number of aromatic nitrogens is 1. The molecule has 1 aliphatic rings. The van der Waals surface area contributed by atoms with E-state index in [1.807, 2.05) is 18.2 Å². The highest BCUT2D eigenvalue weighted by atomic mass is 16.5. The van der Waals surface area contributed by atoms with Crippen LogP contribution in [0.3, 0.4) is 0 Å². The van der Waals surface area contributed by atoms with E-state index >= 15 is 0 Å². The van der Waals surface area contributed by atoms with Gasteiger partial charge in [0.25, 0.3) is 0 Å². The molecule has 1 aromatic rings. The van der Waals surface area contributed by atoms with Gasteiger partial charge in [0, 0.05) is 6.61 Å². The largest absolute Gasteiger partial charge is 0.379 e. The number of hydrogen-bond donors (Lipinski definition) is 1. The molecule has 0 aromatic carbocycles. The fourth-order valence-electron chi connectivity index (χ4n) is 1.64. The smallest absolute Gasteiger partial charge is 0.142 e. The molecule has 1 unspecified atom stereocenters. The molecule has 2 heterocycles. The number of pyridine rings is 1. The fourth-order valence-corrected chi connectivity index (χ4v) is 1.64. The third kappa shape index (κ3) is 2.67. The Labute approximate surface area is 88.9 Å². The number of rotatable bonds is 2. The highest BCUT2D eigenvalue weighted by Gasteiger charge is 2.13. The minimum atomic E-state index is 0.320. The second-order valence-corrected chi connectivity index (χ2v) is 3.58. The van der Waals surface area contributed by atoms with E-state index in [1.54, 1.807) is 6.07 Å². The Hall–Kier alpha value is -1.60. The summed E-state index contributed by atoms with van der Waals surface area (Å²) in [5.74, 6) is 0.754. The lowest BCUT2D eigenvalue weighted by Gasteiger charge is -2.23. The molecule has 15 heavy (non-hydrogen) atoms. The first-order chi connectivity index (χ1) is 7.38. The van der Waals surface area contributed by atoms with Gasteiger partial charge in [-0.2, -0.15) is 5.26 Å². The van der Waals surface area contributed by atoms with Crippen LogP contribution in [0, 0.1) is 11.3 Å². The van der Waals surface area contributed by atoms with Crippen molar-refractivity contribution in [1.29, 1.82) is 5.26 Å². The lowest BCUT2D eigenvalue weighted by atomic mass is 10.1. The average Bonchev–Trinajstić information content (AvgIpc) is 2.31. The molecule has 78 valence electrons. The van der Waals surface area contributed by atoms with Gasteiger partial charge in [-0.1, -0.05) is 6.07 Å². The predicted molar refractivity (Wildman–Crippen MR) is 56.4 cm³/mol. The van der Waals surface area contributed by atoms with Crippen LogP contribution in [0.4, 0.5) is 5.82 Å². The normalized spacial score (nSPS) is 20.6. The third-order valence-electron chi connectivity index (χ3n) is 2.38. The number of nitrogens with one attached hydrogen (secondary N) is 1. The molecule has 1 fully saturated rings. The Morgan fingerprint density at radius 3 is 3.20 bits per heavy atom. The maximum atomic E-state index is 8.70. The standard InChI is InChI=1S/C11H13N3O/c12-7-9-3-1-5-11(13-9)14-10-4-2-6-15-8-10/h1,3,5,10H,2,4,6,8H2,(H,13,14). The van der Waals surface area contributed by atoms with E-state index in [1.165, 1.54) is 0 Å². The zero-order valence-corrected chi connectivity index (χ0v) is 8.44. The first-order valence-electron chi connectivity index (χ1n) is 5.10. The van der Waals surface area contributed by atoms with Crippen molar-refractivity contribution in [2.24, 2.45) is 0 Å². The number of hydrogen-bond acceptors (Lipinski definition) is 4. The lowest BCUT2D eigenvalue weighted by molar-refractivity contribution is 0.0875. The molecule has 0 radical (unpaired) electrons. The average molecular weight is 203 g/mol. The van der Waals surface area contributed by atoms with Crippen LogP contribution >= 0.6 is 0 Å². The van der Waals surface area contributed by atoms with Crippen molar-refractivity contribution in [2.45, 2.75) is 18.9 Å². The van der Waals surface area contributed by atoms with Crippen molar-refractivity contribution in [3.63, 3.8) is 0 Å². The Morgan fingerprint density at radius 2 is 2.47 bits per heavy atom. The van der Waals surface area contributed by atoms with Crippen LogP contribution in [0.1, 0.15) is 18.5 Å². The molecule has 4 nitrogen and oxygen atoms in total. The van der Waals surface area contributed by atoms with Crippen molar-refractivity contribution < 1.29 is 4.74 Å². The number of nitrogens with zero attached hydrogens (tertiary/aromatic N) is 2. The van der Waals surface area contributed by atoms with Gasteiger partial charge >= 0.3 is 0 Å². The van der Waals surface area contributed by atoms with E-state index in [9.17, 15) is 0 Å². The maximum Gasteiger partial charge on any atom is 0.142 e. The molecule has 1 aliphatic heterocycles. The summed E-state index contributed by atoms with van der Waals surface area (Å²) in [5, 5.41) is 12.0. The fraction of sp³-hybridized carbons (Fsp3) is 0.455. The SMILES string of the molecule is N#Cc1cccc(NC2CCCOC2)n1. The molecule has 1 N–H and O–H groups in total. The maximum absolute atomic E-state index is 8.70. The van der Waals surface area contributed by atoms with E-state index in [2.05, 4.69) is 10.3 Å². The first-order valence-corrected chi connectivity index (χ1v) is 5.10. The van der Waals surface area contributed by atoms with Crippen molar-refractivity contribution >= 4 is 5.82 Å². The first kappa shape index (κ1) is 9.94. The summed E-state index contributed by atoms with van der Waals surface area (Å²) >= 11 is 0. The monoisotopic (exact) mass is 203 g/mol. The summed E-state index contributed by atoms with van der Waals surface area (Å²) in [6.07, 6.45) is 2.17. The molecule has 0 aliphatic carbocycles. The van der Waals surface area contributed by atoms with E-state index in [4.69, 9.17) is 10.00 Å². The Balaban J connectivity index is 2.00. The van der Waals surface area contributed by atoms with E-state index in [-0.39, 0.29) is 0 Å². The zero-order valence-electron chi connectivity index (χ0n) is 8.44. The van der Waals surface area contributed by atoms with E-state index in [0.29, 0.717) is 11.7 Å². The van der Waals surface area contributed by atoms with Crippen LogP contribution in [0.25, 0.3) is 0 Å². The van der Waals surface area contributed by atoms with Crippen molar-refractivity contribution in [1.82, 2.24) is 4.98 Å². The molecule has 0 bridgehead atoms. The number of ether oxygens (including phenoxy) is 1. The van der Waals surface area contributed by atoms with Gasteiger partial charge < -0.3 is 10.1 Å². The summed E-state index contributed by atoms with van der Waals surface area (Å²) in [4.78, 5) is 4.16. The van der Waals surface area contributed by atoms with E-state index < -0.39 is 0 Å². The molecule has 0 amide bonds. The summed E-state index contributed by atoms with van der Waals surface area (Å²) in [6, 6.07) is 7.74. The van der Waals surface area contributed by atoms with Crippen LogP contribution in [0.5, 0.6) is 0 Å². The molecule has 1 atom stereocenters. The quantitative estimate of drug-likeness (QED) is 0.792. The Morgan fingerprint density at radius 1 is 1.53 bits per heavy atom. The molecular weight excluding hydrogens is 190 g/mol. The van der Waals surface area contributed by atoms with Crippen molar-refractivity contribution in [3.8, 4) is 6.07 Å². The summed E-state index contributed by atoms with van der Waals surface area (Å²) in [7, 11) is 0. The van der Waals surface area contributed by atoms with Crippen molar-refractivity contribution in [2.75, 3.05) is 18.5 Å². The second kappa shape index (κ2) is 4.76. The van der Waals surface area contributed by atoms with Crippen molar-refractivity contribution in [3.05, 3.63) is 23.9 Å². The molecule has 2 rings (SSSR count). The second-order valence-electron chi connectivity index (χ2n) is 3.58. The van der Waals surface area contributed by atoms with Crippen LogP contribution in [-0.2, 0) is 4.74 Å². The zero-order chi connectivity index (χ0) is 10.5. The predicted octanol–water partition coefficient (Wildman–Crippen LogP) is 1.54. The molecular formula is C11H13N3O. The van der Waals surface area contributed by atoms with Crippen LogP contribution < -0.4 is 5.32 Å². The molecule has 0 spiro atoms. The van der Waals surface area contributed by atoms with E-state index in [0.717, 1.165) is 31.9 Å². The van der Waals surface area contributed by atoms with Gasteiger partial charge in [0.15, 0.2) is 0 Å². The van der Waals surface area contributed by atoms with Gasteiger partial charge in [-0.15, -0.1) is 0 Å². The Bertz CT molecular complexity index is 366. The minimum Gasteiger partial charge on any atom is -0.379 e. The topological polar surface area (TPSA) is 57.9 Å². The minimum absolute atomic E-state index is 0.320. The van der Waals surface area contributed by atoms with Crippen LogP contribution in [-0.4, -0.2) is 24.2 Å². The molecule has 0 saturated carbocycles. The van der Waals surface area contributed by atoms with Gasteiger partial charge in [-0.25, -0.2) is 4.98 Å². The summed E-state index contributed by atoms with van der Waals surface area (Å²) in [6.45, 7) is 1.57. The van der Waals surface area contributed by atoms with Gasteiger partial charge in [-0.05, 0) is 25.0 Å². The van der Waals surface area contributed by atoms with Crippen LogP contribution in [0.2, 0.25) is 0 Å². The lowest BCUT2D eigenvalue weighted by Crippen LogP contribution is -2.30.